The Kier molecular flexibility index (Phi) is 11.0. The molecule has 0 spiro atoms. The number of nitrogens with zero attached hydrogens (tertiary/aromatic N) is 5. The molecule has 0 bridgehead atoms. The van der Waals surface area contributed by atoms with Crippen molar-refractivity contribution < 1.29 is 33.5 Å². The number of carbonyl (C=O) groups excluding carboxylic acids is 1. The van der Waals surface area contributed by atoms with Gasteiger partial charge in [-0.1, -0.05) is 54.6 Å². The Hall–Kier alpha value is -3.03. The van der Waals surface area contributed by atoms with Crippen molar-refractivity contribution in [2.24, 2.45) is 15.0 Å². The molecule has 4 atom stereocenters. The van der Waals surface area contributed by atoms with Crippen molar-refractivity contribution in [3.8, 4) is 5.75 Å². The molecule has 1 aromatic carbocycles. The number of nitrogens with one attached hydrogen (secondary N) is 1. The zero-order valence-electron chi connectivity index (χ0n) is 32.8. The Balaban J connectivity index is 1.70. The van der Waals surface area contributed by atoms with Crippen molar-refractivity contribution >= 4 is 45.9 Å². The van der Waals surface area contributed by atoms with Crippen LogP contribution in [-0.2, 0) is 25.2 Å². The number of fused-ring (bicyclic) bond motifs is 1. The highest BCUT2D eigenvalue weighted by molar-refractivity contribution is 6.83. The van der Waals surface area contributed by atoms with E-state index in [9.17, 15) is 20.0 Å². The van der Waals surface area contributed by atoms with Crippen LogP contribution in [0.3, 0.4) is 0 Å². The topological polar surface area (TPSA) is 170 Å². The minimum atomic E-state index is -2.50. The summed E-state index contributed by atoms with van der Waals surface area (Å²) < 4.78 is 24.5. The van der Waals surface area contributed by atoms with Crippen LogP contribution in [-0.4, -0.2) is 104 Å². The van der Waals surface area contributed by atoms with Gasteiger partial charge in [-0.25, -0.2) is 14.8 Å². The first-order valence-corrected chi connectivity index (χ1v) is 23.4. The molecule has 0 aliphatic carbocycles. The molecule has 0 radical (unpaired) electrons. The molecule has 14 nitrogen and oxygen atoms in total. The van der Waals surface area contributed by atoms with Crippen LogP contribution in [0.1, 0.15) is 74.3 Å². The zero-order chi connectivity index (χ0) is 38.6. The van der Waals surface area contributed by atoms with E-state index in [1.807, 2.05) is 4.90 Å². The summed E-state index contributed by atoms with van der Waals surface area (Å²) in [6, 6.07) is 4.51. The molecule has 0 saturated carbocycles. The van der Waals surface area contributed by atoms with Crippen molar-refractivity contribution in [2.75, 3.05) is 20.4 Å². The summed E-state index contributed by atoms with van der Waals surface area (Å²) in [7, 11) is -3.25. The molecule has 1 saturated heterocycles. The number of hydrogen-bond acceptors (Lipinski definition) is 13. The van der Waals surface area contributed by atoms with E-state index in [0.717, 1.165) is 0 Å². The lowest BCUT2D eigenvalue weighted by Crippen LogP contribution is -2.65. The second-order valence-corrected chi connectivity index (χ2v) is 28.2. The van der Waals surface area contributed by atoms with Gasteiger partial charge in [-0.2, -0.15) is 0 Å². The van der Waals surface area contributed by atoms with E-state index in [2.05, 4.69) is 83.0 Å². The minimum absolute atomic E-state index is 0.0296. The Labute approximate surface area is 304 Å². The van der Waals surface area contributed by atoms with Crippen molar-refractivity contribution in [2.45, 2.75) is 140 Å². The molecule has 0 amide bonds. The average Bonchev–Trinajstić information content (AvgIpc) is 3.59. The summed E-state index contributed by atoms with van der Waals surface area (Å²) in [6.45, 7) is 27.3. The third-order valence-corrected chi connectivity index (χ3v) is 22.3. The molecule has 3 aliphatic rings. The van der Waals surface area contributed by atoms with Gasteiger partial charge in [0.15, 0.2) is 14.2 Å². The van der Waals surface area contributed by atoms with E-state index in [4.69, 9.17) is 23.6 Å². The third-order valence-electron chi connectivity index (χ3n) is 11.4. The van der Waals surface area contributed by atoms with Crippen LogP contribution in [0.4, 0.5) is 5.69 Å². The summed E-state index contributed by atoms with van der Waals surface area (Å²) in [5.74, 6) is -0.0576. The molecule has 3 aliphatic heterocycles. The van der Waals surface area contributed by atoms with Crippen LogP contribution < -0.4 is 10.1 Å². The van der Waals surface area contributed by atoms with Crippen LogP contribution in [0.5, 0.6) is 5.75 Å². The summed E-state index contributed by atoms with van der Waals surface area (Å²) >= 11 is 0. The Morgan fingerprint density at radius 2 is 1.76 bits per heavy atom. The van der Waals surface area contributed by atoms with E-state index in [1.54, 1.807) is 32.9 Å². The molecule has 4 rings (SSSR count). The van der Waals surface area contributed by atoms with Gasteiger partial charge < -0.3 is 28.6 Å². The second-order valence-electron chi connectivity index (χ2n) is 17.8. The maximum atomic E-state index is 14.1. The maximum Gasteiger partial charge on any atom is 0.356 e. The molecule has 1 fully saturated rings. The fourth-order valence-corrected chi connectivity index (χ4v) is 10.1. The fourth-order valence-electron chi connectivity index (χ4n) is 6.12. The normalized spacial score (nSPS) is 25.7. The lowest BCUT2D eigenvalue weighted by Gasteiger charge is -2.49. The number of ether oxygens (including phenoxy) is 3. The molecule has 284 valence electrons. The van der Waals surface area contributed by atoms with Crippen LogP contribution >= 0.6 is 0 Å². The van der Waals surface area contributed by atoms with Gasteiger partial charge in [0.25, 0.3) is 11.4 Å². The number of rotatable bonds is 11. The Bertz CT molecular complexity index is 1610. The average molecular weight is 747 g/mol. The number of aliphatic imine (C=N–C) groups is 3. The summed E-state index contributed by atoms with van der Waals surface area (Å²) in [6.07, 6.45) is 0.323. The van der Waals surface area contributed by atoms with E-state index in [0.29, 0.717) is 23.6 Å². The summed E-state index contributed by atoms with van der Waals surface area (Å²) in [5, 5.41) is 26.5. The molecular formula is C35H58N6O8Si2. The zero-order valence-corrected chi connectivity index (χ0v) is 34.8. The molecule has 0 aromatic heterocycles. The highest BCUT2D eigenvalue weighted by Gasteiger charge is 2.63. The third kappa shape index (κ3) is 7.71. The molecule has 51 heavy (non-hydrogen) atoms. The second kappa shape index (κ2) is 13.8. The first-order valence-electron chi connectivity index (χ1n) is 17.5. The molecule has 2 N–H and O–H groups in total. The van der Waals surface area contributed by atoms with Crippen LogP contribution in [0.2, 0.25) is 36.3 Å². The van der Waals surface area contributed by atoms with Crippen molar-refractivity contribution in [1.29, 1.82) is 0 Å². The van der Waals surface area contributed by atoms with Gasteiger partial charge in [0.2, 0.25) is 0 Å². The number of hydrogen-bond donors (Lipinski definition) is 2. The SMILES string of the molecule is COc1ccc(CNC2(C(=O)OC(C)(C)C)N=CN=C3C2=NCN3[C@H]2C[C@@](O)([Si](C)(C)C(C)(C)C)[C@@H](CO[Si](C)(C)C(C)(C)C)O2)c([N+](=O)[O-])c1. The first kappa shape index (κ1) is 40.7. The largest absolute Gasteiger partial charge is 0.497 e. The molecule has 1 aromatic rings. The van der Waals surface area contributed by atoms with Crippen LogP contribution in [0.15, 0.2) is 33.2 Å². The number of methoxy groups -OCH3 is 1. The van der Waals surface area contributed by atoms with E-state index >= 15 is 0 Å². The quantitative estimate of drug-likeness (QED) is 0.122. The van der Waals surface area contributed by atoms with Gasteiger partial charge in [0, 0.05) is 18.5 Å². The number of aliphatic hydroxyl groups is 1. The fraction of sp³-hybridized carbons (Fsp3) is 0.714. The summed E-state index contributed by atoms with van der Waals surface area (Å²) in [5.41, 5.74) is -2.42. The van der Waals surface area contributed by atoms with Gasteiger partial charge in [0.05, 0.1) is 38.0 Å². The van der Waals surface area contributed by atoms with Gasteiger partial charge in [-0.3, -0.25) is 20.4 Å². The highest BCUT2D eigenvalue weighted by Crippen LogP contribution is 2.51. The standard InChI is InChI=1S/C35H58N6O8Si2/c1-31(2,3)49-30(42)35(38-19-23-15-16-24(46-10)17-25(23)41(44)45)28-29(36-21-39-35)40(22-37-28)27-18-34(43,50(11,12)32(4,5)6)26(48-27)20-47-51(13,14)33(7,8)9/h15-17,21,26-27,38,43H,18-20,22H2,1-14H3/t26-,27-,34-,35?/m1/s1. The number of carbonyl (C=O) groups is 1. The lowest BCUT2D eigenvalue weighted by atomic mass is 10.00. The molecule has 3 heterocycles. The Morgan fingerprint density at radius 1 is 1.12 bits per heavy atom. The highest BCUT2D eigenvalue weighted by atomic mass is 28.4. The number of amidine groups is 1. The van der Waals surface area contributed by atoms with Gasteiger partial charge in [0.1, 0.15) is 42.4 Å². The first-order chi connectivity index (χ1) is 23.2. The lowest BCUT2D eigenvalue weighted by molar-refractivity contribution is -0.385. The van der Waals surface area contributed by atoms with E-state index in [-0.39, 0.29) is 41.3 Å². The van der Waals surface area contributed by atoms with Gasteiger partial charge in [-0.05, 0) is 56.1 Å². The smallest absolute Gasteiger partial charge is 0.356 e. The minimum Gasteiger partial charge on any atom is -0.497 e. The predicted molar refractivity (Wildman–Crippen MR) is 204 cm³/mol. The monoisotopic (exact) mass is 746 g/mol. The number of esters is 1. The molecule has 16 heteroatoms. The van der Waals surface area contributed by atoms with Crippen LogP contribution in [0.25, 0.3) is 0 Å². The van der Waals surface area contributed by atoms with Crippen LogP contribution in [0, 0.1) is 10.1 Å². The van der Waals surface area contributed by atoms with E-state index < -0.39 is 56.1 Å². The number of nitro groups is 1. The predicted octanol–water partition coefficient (Wildman–Crippen LogP) is 5.80. The van der Waals surface area contributed by atoms with Crippen molar-refractivity contribution in [3.05, 3.63) is 33.9 Å². The number of nitro benzene ring substituents is 1. The molecular weight excluding hydrogens is 689 g/mol. The van der Waals surface area contributed by atoms with E-state index in [1.165, 1.54) is 19.5 Å². The van der Waals surface area contributed by atoms with Gasteiger partial charge >= 0.3 is 5.97 Å². The van der Waals surface area contributed by atoms with Crippen molar-refractivity contribution in [1.82, 2.24) is 10.2 Å². The maximum absolute atomic E-state index is 14.1. The van der Waals surface area contributed by atoms with Crippen molar-refractivity contribution in [3.63, 3.8) is 0 Å². The summed E-state index contributed by atoms with van der Waals surface area (Å²) in [4.78, 5) is 41.4. The molecule has 1 unspecified atom stereocenters. The van der Waals surface area contributed by atoms with Gasteiger partial charge in [-0.15, -0.1) is 0 Å². The Morgan fingerprint density at radius 3 is 2.31 bits per heavy atom. The number of benzene rings is 1.